The second-order valence-electron chi connectivity index (χ2n) is 6.09. The van der Waals surface area contributed by atoms with Crippen molar-refractivity contribution in [2.24, 2.45) is 5.73 Å². The van der Waals surface area contributed by atoms with Gasteiger partial charge >= 0.3 is 0 Å². The van der Waals surface area contributed by atoms with E-state index < -0.39 is 0 Å². The van der Waals surface area contributed by atoms with Crippen LogP contribution < -0.4 is 10.6 Å². The molecule has 0 spiro atoms. The molecule has 3 aromatic heterocycles. The number of nitrogens with two attached hydrogens (primary N) is 1. The van der Waals surface area contributed by atoms with Crippen LogP contribution in [0.4, 0.5) is 5.69 Å². The standard InChI is InChI=1S/C16H18N6O/c1-9-3-2-4-12(15(17)23)22(9)13-8-20-21-11-7-19-16-10(14(11)13)5-6-18-16/h5-9,12,21H,2-4H2,1H3,(H2,17,23). The molecule has 2 unspecified atom stereocenters. The number of hydrogen-bond acceptors (Lipinski definition) is 5. The maximum Gasteiger partial charge on any atom is 0.240 e. The first-order valence-corrected chi connectivity index (χ1v) is 7.81. The second kappa shape index (κ2) is 5.19. The minimum Gasteiger partial charge on any atom is -0.368 e. The molecule has 0 radical (unpaired) electrons. The molecule has 3 aromatic rings. The minimum absolute atomic E-state index is 0.222. The van der Waals surface area contributed by atoms with E-state index in [4.69, 9.17) is 5.73 Å². The first-order valence-electron chi connectivity index (χ1n) is 7.81. The molecular weight excluding hydrogens is 292 g/mol. The summed E-state index contributed by atoms with van der Waals surface area (Å²) in [5, 5.41) is 9.16. The number of amides is 1. The van der Waals surface area contributed by atoms with Crippen LogP contribution in [-0.4, -0.2) is 38.2 Å². The lowest BCUT2D eigenvalue weighted by atomic mass is 9.94. The van der Waals surface area contributed by atoms with E-state index in [0.717, 1.165) is 41.2 Å². The molecule has 2 atom stereocenters. The van der Waals surface area contributed by atoms with Gasteiger partial charge in [0.2, 0.25) is 5.91 Å². The maximum absolute atomic E-state index is 12.0. The Hall–Kier alpha value is -2.70. The van der Waals surface area contributed by atoms with Crippen molar-refractivity contribution in [3.63, 3.8) is 0 Å². The second-order valence-corrected chi connectivity index (χ2v) is 6.09. The van der Waals surface area contributed by atoms with E-state index in [9.17, 15) is 4.79 Å². The molecule has 1 aliphatic rings. The largest absolute Gasteiger partial charge is 0.368 e. The van der Waals surface area contributed by atoms with E-state index in [2.05, 4.69) is 32.0 Å². The monoisotopic (exact) mass is 310 g/mol. The number of nitrogens with one attached hydrogen (secondary N) is 1. The number of fused-ring (bicyclic) bond motifs is 3. The molecule has 7 nitrogen and oxygen atoms in total. The molecule has 3 N–H and O–H groups in total. The van der Waals surface area contributed by atoms with Crippen molar-refractivity contribution in [1.29, 1.82) is 0 Å². The third kappa shape index (κ3) is 2.11. The lowest BCUT2D eigenvalue weighted by molar-refractivity contribution is -0.119. The van der Waals surface area contributed by atoms with Gasteiger partial charge in [-0.2, -0.15) is 5.10 Å². The highest BCUT2D eigenvalue weighted by atomic mass is 16.1. The third-order valence-corrected chi connectivity index (χ3v) is 4.68. The van der Waals surface area contributed by atoms with E-state index >= 15 is 0 Å². The quantitative estimate of drug-likeness (QED) is 0.751. The number of carbonyl (C=O) groups is 1. The summed E-state index contributed by atoms with van der Waals surface area (Å²) in [5.74, 6) is -0.288. The number of pyridine rings is 1. The first-order chi connectivity index (χ1) is 11.2. The molecule has 118 valence electrons. The number of aromatic nitrogens is 4. The SMILES string of the molecule is CC1CCCC(C(N)=O)N1c1cn[nH]c2cnc3nccc3c12. The number of rotatable bonds is 2. The molecule has 0 aromatic carbocycles. The van der Waals surface area contributed by atoms with E-state index in [1.54, 1.807) is 18.6 Å². The molecule has 4 rings (SSSR count). The van der Waals surface area contributed by atoms with Crippen LogP contribution in [0, 0.1) is 0 Å². The molecule has 0 saturated carbocycles. The first kappa shape index (κ1) is 13.9. The van der Waals surface area contributed by atoms with E-state index in [1.807, 2.05) is 6.07 Å². The van der Waals surface area contributed by atoms with E-state index in [1.165, 1.54) is 0 Å². The Morgan fingerprint density at radius 1 is 1.35 bits per heavy atom. The number of hydrogen-bond donors (Lipinski definition) is 2. The zero-order valence-corrected chi connectivity index (χ0v) is 12.9. The fourth-order valence-electron chi connectivity index (χ4n) is 3.62. The van der Waals surface area contributed by atoms with Crippen LogP contribution in [-0.2, 0) is 4.79 Å². The Kier molecular flexibility index (Phi) is 3.14. The zero-order chi connectivity index (χ0) is 16.0. The van der Waals surface area contributed by atoms with Crippen LogP contribution >= 0.6 is 0 Å². The lowest BCUT2D eigenvalue weighted by Gasteiger charge is -2.41. The number of carbonyl (C=O) groups excluding carboxylic acids is 1. The molecule has 1 aliphatic heterocycles. The van der Waals surface area contributed by atoms with Gasteiger partial charge in [0.05, 0.1) is 23.6 Å². The van der Waals surface area contributed by atoms with Crippen LogP contribution in [0.15, 0.2) is 24.7 Å². The Bertz CT molecular complexity index is 889. The van der Waals surface area contributed by atoms with Crippen molar-refractivity contribution in [3.8, 4) is 0 Å². The number of aromatic amines is 1. The number of H-pyrrole nitrogens is 1. The van der Waals surface area contributed by atoms with E-state index in [-0.39, 0.29) is 18.0 Å². The molecule has 7 heteroatoms. The predicted octanol–water partition coefficient (Wildman–Crippen LogP) is 1.74. The molecule has 0 aliphatic carbocycles. The van der Waals surface area contributed by atoms with Crippen molar-refractivity contribution < 1.29 is 4.79 Å². The highest BCUT2D eigenvalue weighted by molar-refractivity contribution is 6.10. The number of primary amides is 1. The number of piperidine rings is 1. The molecule has 1 saturated heterocycles. The van der Waals surface area contributed by atoms with Gasteiger partial charge in [-0.25, -0.2) is 9.97 Å². The molecule has 0 bridgehead atoms. The maximum atomic E-state index is 12.0. The summed E-state index contributed by atoms with van der Waals surface area (Å²) < 4.78 is 0. The van der Waals surface area contributed by atoms with Gasteiger partial charge < -0.3 is 10.6 Å². The molecule has 23 heavy (non-hydrogen) atoms. The summed E-state index contributed by atoms with van der Waals surface area (Å²) in [4.78, 5) is 22.7. The average molecular weight is 310 g/mol. The Balaban J connectivity index is 1.99. The number of nitrogens with zero attached hydrogens (tertiary/aromatic N) is 4. The summed E-state index contributed by atoms with van der Waals surface area (Å²) in [7, 11) is 0. The summed E-state index contributed by atoms with van der Waals surface area (Å²) in [6, 6.07) is 1.85. The minimum atomic E-state index is -0.308. The molecule has 1 fully saturated rings. The number of anilines is 1. The normalized spacial score (nSPS) is 21.9. The summed E-state index contributed by atoms with van der Waals surface area (Å²) in [6.07, 6.45) is 8.04. The lowest BCUT2D eigenvalue weighted by Crippen LogP contribution is -2.52. The topological polar surface area (TPSA) is 101 Å². The van der Waals surface area contributed by atoms with Gasteiger partial charge in [-0.15, -0.1) is 0 Å². The van der Waals surface area contributed by atoms with Crippen molar-refractivity contribution in [3.05, 3.63) is 24.7 Å². The van der Waals surface area contributed by atoms with Gasteiger partial charge in [-0.3, -0.25) is 9.89 Å². The molecule has 4 heterocycles. The zero-order valence-electron chi connectivity index (χ0n) is 12.9. The van der Waals surface area contributed by atoms with Gasteiger partial charge in [0.25, 0.3) is 0 Å². The molecule has 1 amide bonds. The van der Waals surface area contributed by atoms with Crippen LogP contribution in [0.2, 0.25) is 0 Å². The molecular formula is C16H18N6O. The highest BCUT2D eigenvalue weighted by Gasteiger charge is 2.33. The summed E-state index contributed by atoms with van der Waals surface area (Å²) >= 11 is 0. The highest BCUT2D eigenvalue weighted by Crippen LogP contribution is 2.36. The van der Waals surface area contributed by atoms with Crippen molar-refractivity contribution in [2.45, 2.75) is 38.3 Å². The Morgan fingerprint density at radius 3 is 3.04 bits per heavy atom. The van der Waals surface area contributed by atoms with Crippen molar-refractivity contribution in [2.75, 3.05) is 4.90 Å². The fourth-order valence-corrected chi connectivity index (χ4v) is 3.62. The van der Waals surface area contributed by atoms with Gasteiger partial charge in [-0.1, -0.05) is 0 Å². The average Bonchev–Trinajstić information content (AvgIpc) is 3.02. The van der Waals surface area contributed by atoms with E-state index in [0.29, 0.717) is 5.65 Å². The van der Waals surface area contributed by atoms with Gasteiger partial charge in [0.15, 0.2) is 5.65 Å². The van der Waals surface area contributed by atoms with Gasteiger partial charge in [-0.05, 0) is 32.3 Å². The fraction of sp³-hybridized carbons (Fsp3) is 0.375. The van der Waals surface area contributed by atoms with Crippen molar-refractivity contribution in [1.82, 2.24) is 20.2 Å². The van der Waals surface area contributed by atoms with Crippen LogP contribution in [0.25, 0.3) is 21.9 Å². The van der Waals surface area contributed by atoms with Crippen LogP contribution in [0.5, 0.6) is 0 Å². The predicted molar refractivity (Wildman–Crippen MR) is 88.0 cm³/mol. The Morgan fingerprint density at radius 2 is 2.22 bits per heavy atom. The van der Waals surface area contributed by atoms with Gasteiger partial charge in [0, 0.05) is 23.0 Å². The van der Waals surface area contributed by atoms with Crippen molar-refractivity contribution >= 4 is 33.5 Å². The summed E-state index contributed by atoms with van der Waals surface area (Å²) in [6.45, 7) is 2.12. The Labute approximate surface area is 132 Å². The summed E-state index contributed by atoms with van der Waals surface area (Å²) in [5.41, 5.74) is 8.09. The van der Waals surface area contributed by atoms with Crippen LogP contribution in [0.1, 0.15) is 26.2 Å². The van der Waals surface area contributed by atoms with Crippen LogP contribution in [0.3, 0.4) is 0 Å². The van der Waals surface area contributed by atoms with Gasteiger partial charge in [0.1, 0.15) is 6.04 Å². The third-order valence-electron chi connectivity index (χ3n) is 4.68. The smallest absolute Gasteiger partial charge is 0.240 e.